The minimum Gasteiger partial charge on any atom is -0.479 e. The van der Waals surface area contributed by atoms with E-state index in [-0.39, 0.29) is 12.6 Å². The van der Waals surface area contributed by atoms with E-state index in [4.69, 9.17) is 10.2 Å². The van der Waals surface area contributed by atoms with Crippen molar-refractivity contribution in [1.29, 1.82) is 0 Å². The van der Waals surface area contributed by atoms with Crippen LogP contribution in [0.25, 0.3) is 0 Å². The number of rotatable bonds is 7. The molecule has 4 N–H and O–H groups in total. The van der Waals surface area contributed by atoms with Gasteiger partial charge in [-0.15, -0.1) is 0 Å². The molecule has 0 fully saturated rings. The van der Waals surface area contributed by atoms with Gasteiger partial charge in [-0.25, -0.2) is 9.59 Å². The molecule has 0 heterocycles. The maximum absolute atomic E-state index is 11.4. The molecule has 0 aromatic rings. The normalized spacial score (nSPS) is 14.2. The Morgan fingerprint density at radius 3 is 2.18 bits per heavy atom. The summed E-state index contributed by atoms with van der Waals surface area (Å²) in [5, 5.41) is 22.4. The average molecular weight is 246 g/mol. The van der Waals surface area contributed by atoms with E-state index in [1.54, 1.807) is 0 Å². The van der Waals surface area contributed by atoms with E-state index in [9.17, 15) is 9.59 Å². The van der Waals surface area contributed by atoms with Crippen LogP contribution >= 0.6 is 0 Å². The van der Waals surface area contributed by atoms with Gasteiger partial charge in [-0.2, -0.15) is 0 Å². The molecule has 100 valence electrons. The number of aliphatic carboxylic acids is 1. The summed E-state index contributed by atoms with van der Waals surface area (Å²) in [6.07, 6.45) is 0.370. The number of nitrogens with one attached hydrogen (secondary N) is 2. The SMILES string of the molecule is CCC(CC)C(C)NC(=O)NC[C@H](O)C(=O)O. The van der Waals surface area contributed by atoms with Crippen molar-refractivity contribution in [2.75, 3.05) is 6.54 Å². The molecule has 0 aromatic carbocycles. The second-order valence-corrected chi connectivity index (χ2v) is 4.07. The Kier molecular flexibility index (Phi) is 7.29. The summed E-state index contributed by atoms with van der Waals surface area (Å²) in [5.41, 5.74) is 0. The van der Waals surface area contributed by atoms with Crippen molar-refractivity contribution in [2.24, 2.45) is 5.92 Å². The Morgan fingerprint density at radius 1 is 1.24 bits per heavy atom. The standard InChI is InChI=1S/C11H22N2O4/c1-4-8(5-2)7(3)13-11(17)12-6-9(14)10(15)16/h7-9,14H,4-6H2,1-3H3,(H,15,16)(H2,12,13,17)/t7?,9-/m0/s1. The Bertz CT molecular complexity index is 254. The van der Waals surface area contributed by atoms with Crippen molar-refractivity contribution in [2.45, 2.75) is 45.8 Å². The topological polar surface area (TPSA) is 98.7 Å². The highest BCUT2D eigenvalue weighted by atomic mass is 16.4. The van der Waals surface area contributed by atoms with E-state index in [0.717, 1.165) is 12.8 Å². The lowest BCUT2D eigenvalue weighted by atomic mass is 9.96. The van der Waals surface area contributed by atoms with Crippen molar-refractivity contribution in [3.05, 3.63) is 0 Å². The average Bonchev–Trinajstić information content (AvgIpc) is 2.27. The summed E-state index contributed by atoms with van der Waals surface area (Å²) in [5.74, 6) is -0.955. The smallest absolute Gasteiger partial charge is 0.334 e. The highest BCUT2D eigenvalue weighted by Gasteiger charge is 2.17. The van der Waals surface area contributed by atoms with Crippen molar-refractivity contribution in [3.8, 4) is 0 Å². The maximum atomic E-state index is 11.4. The van der Waals surface area contributed by atoms with Crippen LogP contribution in [-0.4, -0.2) is 40.9 Å². The summed E-state index contributed by atoms with van der Waals surface area (Å²) in [7, 11) is 0. The number of carbonyl (C=O) groups is 2. The summed E-state index contributed by atoms with van der Waals surface area (Å²) in [6, 6.07) is -0.434. The molecule has 0 rings (SSSR count). The number of aliphatic hydroxyl groups is 1. The van der Waals surface area contributed by atoms with Crippen LogP contribution in [0.3, 0.4) is 0 Å². The van der Waals surface area contributed by atoms with Crippen LogP contribution < -0.4 is 10.6 Å². The minimum atomic E-state index is -1.57. The second kappa shape index (κ2) is 7.89. The summed E-state index contributed by atoms with van der Waals surface area (Å²) >= 11 is 0. The molecule has 0 aromatic heterocycles. The number of aliphatic hydroxyl groups excluding tert-OH is 1. The molecule has 6 nitrogen and oxygen atoms in total. The van der Waals surface area contributed by atoms with Gasteiger partial charge in [0.25, 0.3) is 0 Å². The Hall–Kier alpha value is -1.30. The number of carbonyl (C=O) groups excluding carboxylic acids is 1. The van der Waals surface area contributed by atoms with Crippen LogP contribution in [0.4, 0.5) is 4.79 Å². The van der Waals surface area contributed by atoms with Crippen molar-refractivity contribution in [1.82, 2.24) is 10.6 Å². The third-order valence-corrected chi connectivity index (χ3v) is 2.86. The predicted molar refractivity (Wildman–Crippen MR) is 63.7 cm³/mol. The first-order valence-electron chi connectivity index (χ1n) is 5.87. The van der Waals surface area contributed by atoms with Crippen LogP contribution in [-0.2, 0) is 4.79 Å². The summed E-state index contributed by atoms with van der Waals surface area (Å²) in [6.45, 7) is 5.72. The zero-order valence-electron chi connectivity index (χ0n) is 10.6. The Morgan fingerprint density at radius 2 is 1.76 bits per heavy atom. The Labute approximate surface area is 101 Å². The molecule has 0 spiro atoms. The molecular formula is C11H22N2O4. The van der Waals surface area contributed by atoms with Gasteiger partial charge < -0.3 is 20.8 Å². The van der Waals surface area contributed by atoms with Gasteiger partial charge in [-0.3, -0.25) is 0 Å². The predicted octanol–water partition coefficient (Wildman–Crippen LogP) is 0.556. The lowest BCUT2D eigenvalue weighted by Gasteiger charge is -2.22. The van der Waals surface area contributed by atoms with E-state index in [0.29, 0.717) is 5.92 Å². The molecule has 0 bridgehead atoms. The van der Waals surface area contributed by atoms with Gasteiger partial charge in [-0.1, -0.05) is 26.7 Å². The van der Waals surface area contributed by atoms with Gasteiger partial charge in [0.15, 0.2) is 6.10 Å². The second-order valence-electron chi connectivity index (χ2n) is 4.07. The fourth-order valence-electron chi connectivity index (χ4n) is 1.65. The quantitative estimate of drug-likeness (QED) is 0.527. The molecule has 6 heteroatoms. The van der Waals surface area contributed by atoms with Gasteiger partial charge in [0.2, 0.25) is 0 Å². The fourth-order valence-corrected chi connectivity index (χ4v) is 1.65. The van der Waals surface area contributed by atoms with Gasteiger partial charge in [0.1, 0.15) is 0 Å². The molecule has 0 saturated heterocycles. The molecule has 0 radical (unpaired) electrons. The van der Waals surface area contributed by atoms with Crippen LogP contribution in [0.15, 0.2) is 0 Å². The van der Waals surface area contributed by atoms with Gasteiger partial charge in [0, 0.05) is 6.04 Å². The molecule has 0 aliphatic heterocycles. The molecular weight excluding hydrogens is 224 g/mol. The third-order valence-electron chi connectivity index (χ3n) is 2.86. The minimum absolute atomic E-state index is 0.0203. The third kappa shape index (κ3) is 6.11. The number of hydrogen-bond donors (Lipinski definition) is 4. The van der Waals surface area contributed by atoms with E-state index in [1.807, 2.05) is 6.92 Å². The van der Waals surface area contributed by atoms with E-state index < -0.39 is 18.1 Å². The maximum Gasteiger partial charge on any atom is 0.334 e. The highest BCUT2D eigenvalue weighted by molar-refractivity contribution is 5.76. The lowest BCUT2D eigenvalue weighted by Crippen LogP contribution is -2.47. The molecule has 0 aliphatic rings. The summed E-state index contributed by atoms with van der Waals surface area (Å²) in [4.78, 5) is 21.7. The zero-order valence-corrected chi connectivity index (χ0v) is 10.6. The molecule has 0 saturated carbocycles. The Balaban J connectivity index is 3.97. The molecule has 0 aliphatic carbocycles. The van der Waals surface area contributed by atoms with E-state index in [1.165, 1.54) is 0 Å². The largest absolute Gasteiger partial charge is 0.479 e. The van der Waals surface area contributed by atoms with E-state index >= 15 is 0 Å². The monoisotopic (exact) mass is 246 g/mol. The first kappa shape index (κ1) is 15.7. The van der Waals surface area contributed by atoms with Crippen molar-refractivity contribution in [3.63, 3.8) is 0 Å². The summed E-state index contributed by atoms with van der Waals surface area (Å²) < 4.78 is 0. The van der Waals surface area contributed by atoms with Crippen LogP contribution in [0.1, 0.15) is 33.6 Å². The molecule has 2 amide bonds. The zero-order chi connectivity index (χ0) is 13.4. The van der Waals surface area contributed by atoms with E-state index in [2.05, 4.69) is 24.5 Å². The first-order chi connectivity index (χ1) is 7.92. The number of urea groups is 1. The van der Waals surface area contributed by atoms with Gasteiger partial charge in [-0.05, 0) is 12.8 Å². The molecule has 1 unspecified atom stereocenters. The number of carboxylic acids is 1. The molecule has 17 heavy (non-hydrogen) atoms. The van der Waals surface area contributed by atoms with Gasteiger partial charge in [0.05, 0.1) is 6.54 Å². The number of hydrogen-bond acceptors (Lipinski definition) is 3. The molecule has 2 atom stereocenters. The van der Waals surface area contributed by atoms with Crippen LogP contribution in [0.2, 0.25) is 0 Å². The van der Waals surface area contributed by atoms with Gasteiger partial charge >= 0.3 is 12.0 Å². The van der Waals surface area contributed by atoms with Crippen molar-refractivity contribution < 1.29 is 19.8 Å². The number of carboxylic acid groups (broad SMARTS) is 1. The van der Waals surface area contributed by atoms with Crippen molar-refractivity contribution >= 4 is 12.0 Å². The fraction of sp³-hybridized carbons (Fsp3) is 0.818. The highest BCUT2D eigenvalue weighted by Crippen LogP contribution is 2.12. The first-order valence-corrected chi connectivity index (χ1v) is 5.87. The van der Waals surface area contributed by atoms with Crippen LogP contribution in [0, 0.1) is 5.92 Å². The van der Waals surface area contributed by atoms with Crippen LogP contribution in [0.5, 0.6) is 0 Å². The lowest BCUT2D eigenvalue weighted by molar-refractivity contribution is -0.146. The number of amides is 2.